The van der Waals surface area contributed by atoms with Crippen LogP contribution in [0.4, 0.5) is 0 Å². The van der Waals surface area contributed by atoms with Gasteiger partial charge < -0.3 is 14.8 Å². The first-order valence-corrected chi connectivity index (χ1v) is 8.46. The number of nitrogens with one attached hydrogen (secondary N) is 1. The second-order valence-electron chi connectivity index (χ2n) is 6.39. The molecular formula is C18H26N2O3. The maximum absolute atomic E-state index is 12.0. The average Bonchev–Trinajstić information content (AvgIpc) is 3.31. The molecule has 1 aromatic carbocycles. The summed E-state index contributed by atoms with van der Waals surface area (Å²) in [6.45, 7) is 2.82. The predicted molar refractivity (Wildman–Crippen MR) is 88.8 cm³/mol. The van der Waals surface area contributed by atoms with Crippen LogP contribution in [0.2, 0.25) is 0 Å². The zero-order chi connectivity index (χ0) is 16.2. The molecule has 2 fully saturated rings. The van der Waals surface area contributed by atoms with E-state index in [9.17, 15) is 4.79 Å². The molecule has 1 unspecified atom stereocenters. The minimum absolute atomic E-state index is 0.194. The van der Waals surface area contributed by atoms with Gasteiger partial charge in [-0.25, -0.2) is 0 Å². The first-order valence-electron chi connectivity index (χ1n) is 8.46. The third-order valence-electron chi connectivity index (χ3n) is 4.79. The third-order valence-corrected chi connectivity index (χ3v) is 4.79. The number of likely N-dealkylation sites (tertiary alicyclic amines) is 1. The van der Waals surface area contributed by atoms with Crippen molar-refractivity contribution in [1.29, 1.82) is 0 Å². The molecule has 1 N–H and O–H groups in total. The Kier molecular flexibility index (Phi) is 5.06. The van der Waals surface area contributed by atoms with Crippen molar-refractivity contribution in [3.8, 4) is 11.5 Å². The van der Waals surface area contributed by atoms with E-state index in [1.54, 1.807) is 14.2 Å². The summed E-state index contributed by atoms with van der Waals surface area (Å²) >= 11 is 0. The number of carbonyl (C=O) groups excluding carboxylic acids is 1. The van der Waals surface area contributed by atoms with Gasteiger partial charge in [0.05, 0.1) is 20.3 Å². The molecular weight excluding hydrogens is 292 g/mol. The van der Waals surface area contributed by atoms with E-state index in [4.69, 9.17) is 9.47 Å². The van der Waals surface area contributed by atoms with Crippen LogP contribution in [0.25, 0.3) is 0 Å². The molecule has 5 nitrogen and oxygen atoms in total. The highest BCUT2D eigenvalue weighted by atomic mass is 16.5. The summed E-state index contributed by atoms with van der Waals surface area (Å²) in [6, 6.07) is 6.25. The first kappa shape index (κ1) is 16.1. The van der Waals surface area contributed by atoms with Crippen molar-refractivity contribution in [2.24, 2.45) is 5.92 Å². The van der Waals surface area contributed by atoms with Crippen LogP contribution in [-0.4, -0.2) is 44.7 Å². The first-order chi connectivity index (χ1) is 11.2. The lowest BCUT2D eigenvalue weighted by atomic mass is 10.0. The Labute approximate surface area is 137 Å². The van der Waals surface area contributed by atoms with Gasteiger partial charge >= 0.3 is 0 Å². The summed E-state index contributed by atoms with van der Waals surface area (Å²) < 4.78 is 10.8. The molecule has 2 aliphatic rings. The van der Waals surface area contributed by atoms with Crippen LogP contribution in [0.3, 0.4) is 0 Å². The van der Waals surface area contributed by atoms with Gasteiger partial charge in [0.1, 0.15) is 0 Å². The van der Waals surface area contributed by atoms with Gasteiger partial charge in [-0.15, -0.1) is 0 Å². The smallest absolute Gasteiger partial charge is 0.223 e. The van der Waals surface area contributed by atoms with Crippen LogP contribution in [-0.2, 0) is 4.79 Å². The average molecular weight is 318 g/mol. The Hall–Kier alpha value is -1.75. The maximum Gasteiger partial charge on any atom is 0.223 e. The fourth-order valence-electron chi connectivity index (χ4n) is 3.26. The number of rotatable bonds is 7. The van der Waals surface area contributed by atoms with E-state index < -0.39 is 0 Å². The molecule has 0 aromatic heterocycles. The zero-order valence-electron chi connectivity index (χ0n) is 14.0. The van der Waals surface area contributed by atoms with Crippen molar-refractivity contribution in [3.05, 3.63) is 23.8 Å². The molecule has 1 saturated heterocycles. The molecule has 1 saturated carbocycles. The second-order valence-corrected chi connectivity index (χ2v) is 6.39. The molecule has 5 heteroatoms. The monoisotopic (exact) mass is 318 g/mol. The molecule has 1 amide bonds. The minimum Gasteiger partial charge on any atom is -0.493 e. The molecule has 126 valence electrons. The van der Waals surface area contributed by atoms with E-state index in [0.717, 1.165) is 37.4 Å². The highest BCUT2D eigenvalue weighted by Crippen LogP contribution is 2.33. The van der Waals surface area contributed by atoms with Gasteiger partial charge in [-0.1, -0.05) is 6.07 Å². The number of benzene rings is 1. The summed E-state index contributed by atoms with van der Waals surface area (Å²) in [7, 11) is 3.30. The van der Waals surface area contributed by atoms with Crippen LogP contribution >= 0.6 is 0 Å². The molecule has 1 aliphatic heterocycles. The van der Waals surface area contributed by atoms with Crippen LogP contribution < -0.4 is 14.8 Å². The van der Waals surface area contributed by atoms with Gasteiger partial charge in [-0.05, 0) is 56.5 Å². The standard InChI is InChI=1S/C18H26N2O3/c1-22-16-8-7-14(11-17(16)23-2)15(20-9-3-4-10-20)12-19-18(21)13-5-6-13/h7-8,11,13,15H,3-6,9-10,12H2,1-2H3,(H,19,21). The van der Waals surface area contributed by atoms with Crippen molar-refractivity contribution < 1.29 is 14.3 Å². The maximum atomic E-state index is 12.0. The number of hydrogen-bond acceptors (Lipinski definition) is 4. The SMILES string of the molecule is COc1ccc(C(CNC(=O)C2CC2)N2CCCC2)cc1OC. The molecule has 1 aliphatic carbocycles. The molecule has 1 aromatic rings. The van der Waals surface area contributed by atoms with Crippen molar-refractivity contribution >= 4 is 5.91 Å². The van der Waals surface area contributed by atoms with E-state index >= 15 is 0 Å². The molecule has 0 spiro atoms. The number of nitrogens with zero attached hydrogens (tertiary/aromatic N) is 1. The van der Waals surface area contributed by atoms with Gasteiger partial charge in [0, 0.05) is 12.5 Å². The van der Waals surface area contributed by atoms with Gasteiger partial charge in [0.2, 0.25) is 5.91 Å². The lowest BCUT2D eigenvalue weighted by Gasteiger charge is -2.28. The molecule has 1 heterocycles. The summed E-state index contributed by atoms with van der Waals surface area (Å²) in [5.74, 6) is 1.93. The Bertz CT molecular complexity index is 551. The van der Waals surface area contributed by atoms with E-state index in [-0.39, 0.29) is 17.9 Å². The van der Waals surface area contributed by atoms with E-state index in [0.29, 0.717) is 6.54 Å². The van der Waals surface area contributed by atoms with E-state index in [1.165, 1.54) is 18.4 Å². The lowest BCUT2D eigenvalue weighted by molar-refractivity contribution is -0.122. The number of amides is 1. The van der Waals surface area contributed by atoms with E-state index in [2.05, 4.69) is 16.3 Å². The highest BCUT2D eigenvalue weighted by Gasteiger charge is 2.31. The Morgan fingerprint density at radius 1 is 1.22 bits per heavy atom. The quantitative estimate of drug-likeness (QED) is 0.838. The van der Waals surface area contributed by atoms with Gasteiger partial charge in [-0.2, -0.15) is 0 Å². The largest absolute Gasteiger partial charge is 0.493 e. The number of hydrogen-bond donors (Lipinski definition) is 1. The van der Waals surface area contributed by atoms with Crippen LogP contribution in [0.15, 0.2) is 18.2 Å². The van der Waals surface area contributed by atoms with Crippen molar-refractivity contribution in [2.75, 3.05) is 33.9 Å². The number of methoxy groups -OCH3 is 2. The van der Waals surface area contributed by atoms with Crippen molar-refractivity contribution in [1.82, 2.24) is 10.2 Å². The Morgan fingerprint density at radius 2 is 1.91 bits per heavy atom. The van der Waals surface area contributed by atoms with Crippen molar-refractivity contribution in [3.63, 3.8) is 0 Å². The summed E-state index contributed by atoms with van der Waals surface area (Å²) in [5, 5.41) is 3.13. The second kappa shape index (κ2) is 7.21. The van der Waals surface area contributed by atoms with Crippen LogP contribution in [0.1, 0.15) is 37.3 Å². The fourth-order valence-corrected chi connectivity index (χ4v) is 3.26. The topological polar surface area (TPSA) is 50.8 Å². The van der Waals surface area contributed by atoms with Crippen LogP contribution in [0, 0.1) is 5.92 Å². The third kappa shape index (κ3) is 3.78. The number of ether oxygens (including phenoxy) is 2. The molecule has 0 bridgehead atoms. The zero-order valence-corrected chi connectivity index (χ0v) is 14.0. The predicted octanol–water partition coefficient (Wildman–Crippen LogP) is 2.37. The summed E-state index contributed by atoms with van der Waals surface area (Å²) in [4.78, 5) is 14.5. The number of carbonyl (C=O) groups is 1. The Balaban J connectivity index is 1.77. The lowest BCUT2D eigenvalue weighted by Crippen LogP contribution is -2.37. The molecule has 1 atom stereocenters. The molecule has 0 radical (unpaired) electrons. The summed E-state index contributed by atoms with van der Waals surface area (Å²) in [6.07, 6.45) is 4.52. The molecule has 3 rings (SSSR count). The normalized spacial score (nSPS) is 19.4. The molecule has 23 heavy (non-hydrogen) atoms. The van der Waals surface area contributed by atoms with Crippen LogP contribution in [0.5, 0.6) is 11.5 Å². The Morgan fingerprint density at radius 3 is 2.52 bits per heavy atom. The summed E-state index contributed by atoms with van der Waals surface area (Å²) in [5.41, 5.74) is 1.17. The van der Waals surface area contributed by atoms with Crippen molar-refractivity contribution in [2.45, 2.75) is 31.7 Å². The van der Waals surface area contributed by atoms with E-state index in [1.807, 2.05) is 12.1 Å². The fraction of sp³-hybridized carbons (Fsp3) is 0.611. The van der Waals surface area contributed by atoms with Gasteiger partial charge in [0.25, 0.3) is 0 Å². The highest BCUT2D eigenvalue weighted by molar-refractivity contribution is 5.80. The van der Waals surface area contributed by atoms with Gasteiger partial charge in [0.15, 0.2) is 11.5 Å². The minimum atomic E-state index is 0.194. The van der Waals surface area contributed by atoms with Gasteiger partial charge in [-0.3, -0.25) is 9.69 Å².